The average molecular weight is 300 g/mol. The van der Waals surface area contributed by atoms with Crippen LogP contribution in [0.1, 0.15) is 78.1 Å². The fraction of sp³-hybridized carbons (Fsp3) is 0.941. The lowest BCUT2D eigenvalue weighted by Gasteiger charge is -2.06. The van der Waals surface area contributed by atoms with Crippen LogP contribution < -0.4 is 0 Å². The number of carbonyl (C=O) groups excluding carboxylic acids is 1. The molecule has 0 spiro atoms. The molecule has 3 atom stereocenters. The number of carbonyl (C=O) groups is 1. The van der Waals surface area contributed by atoms with Gasteiger partial charge in [0.05, 0.1) is 18.3 Å². The highest BCUT2D eigenvalue weighted by Gasteiger charge is 2.36. The van der Waals surface area contributed by atoms with Gasteiger partial charge in [-0.1, -0.05) is 45.4 Å². The van der Waals surface area contributed by atoms with Crippen LogP contribution in [0.25, 0.3) is 0 Å². The molecule has 1 aliphatic heterocycles. The molecule has 0 amide bonds. The highest BCUT2D eigenvalue weighted by atomic mass is 16.6. The minimum absolute atomic E-state index is 0.108. The predicted octanol–water partition coefficient (Wildman–Crippen LogP) is 3.60. The van der Waals surface area contributed by atoms with E-state index in [2.05, 4.69) is 6.92 Å². The van der Waals surface area contributed by atoms with E-state index in [4.69, 9.17) is 14.6 Å². The number of hydrogen-bond donors (Lipinski definition) is 1. The number of epoxide rings is 1. The second-order valence-electron chi connectivity index (χ2n) is 6.19. The molecule has 1 aliphatic rings. The van der Waals surface area contributed by atoms with Crippen molar-refractivity contribution in [2.45, 2.75) is 96.4 Å². The summed E-state index contributed by atoms with van der Waals surface area (Å²) in [5.41, 5.74) is 0. The second kappa shape index (κ2) is 11.0. The van der Waals surface area contributed by atoms with Crippen LogP contribution in [0.4, 0.5) is 0 Å². The van der Waals surface area contributed by atoms with Gasteiger partial charge in [0.2, 0.25) is 0 Å². The molecule has 1 N–H and O–H groups in total. The molecule has 21 heavy (non-hydrogen) atoms. The van der Waals surface area contributed by atoms with Crippen molar-refractivity contribution >= 4 is 5.97 Å². The summed E-state index contributed by atoms with van der Waals surface area (Å²) in [4.78, 5) is 11.3. The van der Waals surface area contributed by atoms with Gasteiger partial charge in [-0.3, -0.25) is 4.79 Å². The Kier molecular flexibility index (Phi) is 9.68. The quantitative estimate of drug-likeness (QED) is 0.321. The summed E-state index contributed by atoms with van der Waals surface area (Å²) in [6.45, 7) is 3.95. The third kappa shape index (κ3) is 9.86. The summed E-state index contributed by atoms with van der Waals surface area (Å²) in [5.74, 6) is -0.197. The van der Waals surface area contributed by atoms with Gasteiger partial charge in [-0.15, -0.1) is 0 Å². The Labute approximate surface area is 129 Å². The Hall–Kier alpha value is -0.610. The summed E-state index contributed by atoms with van der Waals surface area (Å²) in [6.07, 6.45) is 11.5. The average Bonchev–Trinajstić information content (AvgIpc) is 3.19. The Balaban J connectivity index is 1.82. The normalized spacial score (nSPS) is 22.0. The summed E-state index contributed by atoms with van der Waals surface area (Å²) >= 11 is 0. The Bertz CT molecular complexity index is 278. The number of hydrogen-bond acceptors (Lipinski definition) is 4. The molecule has 124 valence electrons. The van der Waals surface area contributed by atoms with Crippen molar-refractivity contribution in [3.05, 3.63) is 0 Å². The van der Waals surface area contributed by atoms with Gasteiger partial charge in [-0.2, -0.15) is 0 Å². The molecule has 3 unspecified atom stereocenters. The summed E-state index contributed by atoms with van der Waals surface area (Å²) in [7, 11) is 0. The SMILES string of the molecule is CCCCCC1OC1CCCCCCC(=O)OCC(C)O. The van der Waals surface area contributed by atoms with Crippen molar-refractivity contribution < 1.29 is 19.4 Å². The topological polar surface area (TPSA) is 59.1 Å². The zero-order valence-electron chi connectivity index (χ0n) is 13.7. The maximum Gasteiger partial charge on any atom is 0.305 e. The van der Waals surface area contributed by atoms with Crippen LogP contribution in [0.5, 0.6) is 0 Å². The minimum Gasteiger partial charge on any atom is -0.463 e. The van der Waals surface area contributed by atoms with Gasteiger partial charge in [0, 0.05) is 6.42 Å². The molecule has 4 nitrogen and oxygen atoms in total. The van der Waals surface area contributed by atoms with Crippen LogP contribution in [0.3, 0.4) is 0 Å². The first-order chi connectivity index (χ1) is 10.1. The molecule has 0 saturated carbocycles. The summed E-state index contributed by atoms with van der Waals surface area (Å²) < 4.78 is 10.6. The molecule has 1 fully saturated rings. The fourth-order valence-corrected chi connectivity index (χ4v) is 2.54. The van der Waals surface area contributed by atoms with E-state index >= 15 is 0 Å². The van der Waals surface area contributed by atoms with Gasteiger partial charge < -0.3 is 14.6 Å². The monoisotopic (exact) mass is 300 g/mol. The highest BCUT2D eigenvalue weighted by molar-refractivity contribution is 5.69. The molecule has 0 radical (unpaired) electrons. The first-order valence-corrected chi connectivity index (χ1v) is 8.62. The Morgan fingerprint density at radius 3 is 2.33 bits per heavy atom. The number of esters is 1. The standard InChI is InChI=1S/C17H32O4/c1-3-4-7-10-15-16(21-15)11-8-5-6-9-12-17(19)20-13-14(2)18/h14-16,18H,3-13H2,1-2H3. The lowest BCUT2D eigenvalue weighted by molar-refractivity contribution is -0.146. The zero-order valence-corrected chi connectivity index (χ0v) is 13.7. The lowest BCUT2D eigenvalue weighted by Crippen LogP contribution is -2.14. The van der Waals surface area contributed by atoms with Gasteiger partial charge in [0.15, 0.2) is 0 Å². The van der Waals surface area contributed by atoms with E-state index in [0.29, 0.717) is 18.6 Å². The molecule has 1 saturated heterocycles. The largest absolute Gasteiger partial charge is 0.463 e. The summed E-state index contributed by atoms with van der Waals surface area (Å²) in [6, 6.07) is 0. The number of ether oxygens (including phenoxy) is 2. The smallest absolute Gasteiger partial charge is 0.305 e. The van der Waals surface area contributed by atoms with Crippen molar-refractivity contribution in [1.29, 1.82) is 0 Å². The second-order valence-corrected chi connectivity index (χ2v) is 6.19. The highest BCUT2D eigenvalue weighted by Crippen LogP contribution is 2.31. The first kappa shape index (κ1) is 18.4. The predicted molar refractivity (Wildman–Crippen MR) is 83.1 cm³/mol. The van der Waals surface area contributed by atoms with Crippen molar-refractivity contribution in [2.75, 3.05) is 6.61 Å². The van der Waals surface area contributed by atoms with Gasteiger partial charge in [0.1, 0.15) is 6.61 Å². The Morgan fingerprint density at radius 2 is 1.71 bits per heavy atom. The maximum absolute atomic E-state index is 11.3. The molecular formula is C17H32O4. The molecule has 0 bridgehead atoms. The zero-order chi connectivity index (χ0) is 15.5. The van der Waals surface area contributed by atoms with E-state index in [0.717, 1.165) is 19.3 Å². The van der Waals surface area contributed by atoms with Gasteiger partial charge in [-0.25, -0.2) is 0 Å². The number of rotatable bonds is 13. The van der Waals surface area contributed by atoms with Crippen molar-refractivity contribution in [3.8, 4) is 0 Å². The van der Waals surface area contributed by atoms with Crippen LogP contribution in [-0.4, -0.2) is 36.0 Å². The van der Waals surface area contributed by atoms with Crippen LogP contribution in [0, 0.1) is 0 Å². The van der Waals surface area contributed by atoms with E-state index in [-0.39, 0.29) is 12.6 Å². The van der Waals surface area contributed by atoms with Gasteiger partial charge in [-0.05, 0) is 26.2 Å². The van der Waals surface area contributed by atoms with Crippen molar-refractivity contribution in [1.82, 2.24) is 0 Å². The molecule has 0 aromatic heterocycles. The van der Waals surface area contributed by atoms with Crippen LogP contribution in [-0.2, 0) is 14.3 Å². The third-order valence-corrected chi connectivity index (χ3v) is 3.88. The number of aliphatic hydroxyl groups excluding tert-OH is 1. The molecule has 4 heteroatoms. The molecule has 1 rings (SSSR count). The molecule has 0 aromatic carbocycles. The van der Waals surface area contributed by atoms with Crippen LogP contribution in [0.2, 0.25) is 0 Å². The molecular weight excluding hydrogens is 268 g/mol. The van der Waals surface area contributed by atoms with E-state index in [1.54, 1.807) is 6.92 Å². The van der Waals surface area contributed by atoms with Crippen LogP contribution >= 0.6 is 0 Å². The fourth-order valence-electron chi connectivity index (χ4n) is 2.54. The Morgan fingerprint density at radius 1 is 1.10 bits per heavy atom. The summed E-state index contributed by atoms with van der Waals surface area (Å²) in [5, 5.41) is 9.00. The number of unbranched alkanes of at least 4 members (excludes halogenated alkanes) is 5. The lowest BCUT2D eigenvalue weighted by atomic mass is 10.1. The molecule has 0 aliphatic carbocycles. The van der Waals surface area contributed by atoms with Gasteiger partial charge >= 0.3 is 5.97 Å². The maximum atomic E-state index is 11.3. The van der Waals surface area contributed by atoms with Crippen molar-refractivity contribution in [3.63, 3.8) is 0 Å². The van der Waals surface area contributed by atoms with Crippen molar-refractivity contribution in [2.24, 2.45) is 0 Å². The van der Waals surface area contributed by atoms with Gasteiger partial charge in [0.25, 0.3) is 0 Å². The minimum atomic E-state index is -0.572. The van der Waals surface area contributed by atoms with E-state index in [1.807, 2.05) is 0 Å². The first-order valence-electron chi connectivity index (χ1n) is 8.62. The molecule has 1 heterocycles. The van der Waals surface area contributed by atoms with E-state index in [1.165, 1.54) is 38.5 Å². The van der Waals surface area contributed by atoms with E-state index < -0.39 is 6.10 Å². The molecule has 0 aromatic rings. The van der Waals surface area contributed by atoms with E-state index in [9.17, 15) is 4.79 Å². The van der Waals surface area contributed by atoms with Crippen LogP contribution in [0.15, 0.2) is 0 Å². The number of aliphatic hydroxyl groups is 1. The third-order valence-electron chi connectivity index (χ3n) is 3.88.